The van der Waals surface area contributed by atoms with Crippen molar-refractivity contribution in [3.63, 3.8) is 0 Å². The van der Waals surface area contributed by atoms with Gasteiger partial charge in [-0.2, -0.15) is 0 Å². The van der Waals surface area contributed by atoms with Crippen molar-refractivity contribution >= 4 is 32.6 Å². The summed E-state index contributed by atoms with van der Waals surface area (Å²) in [4.78, 5) is 5.37. The minimum Gasteiger partial charge on any atom is -0.318 e. The third-order valence-corrected chi connectivity index (χ3v) is 8.86. The molecule has 0 bridgehead atoms. The number of imidazole rings is 1. The summed E-state index contributed by atoms with van der Waals surface area (Å²) in [5.41, 5.74) is 4.25. The Kier molecular flexibility index (Phi) is 8.27. The van der Waals surface area contributed by atoms with Crippen molar-refractivity contribution in [2.24, 2.45) is 0 Å². The first kappa shape index (κ1) is 26.2. The van der Waals surface area contributed by atoms with E-state index in [0.717, 1.165) is 57.8 Å². The first-order valence-electron chi connectivity index (χ1n) is 12.9. The molecule has 0 unspecified atom stereocenters. The molecule has 0 atom stereocenters. The molecule has 1 heterocycles. The molecule has 5 rings (SSSR count). The van der Waals surface area contributed by atoms with E-state index in [2.05, 4.69) is 52.6 Å². The Morgan fingerprint density at radius 3 is 2.18 bits per heavy atom. The van der Waals surface area contributed by atoms with Crippen LogP contribution in [0.2, 0.25) is 0 Å². The maximum absolute atomic E-state index is 13.0. The number of rotatable bonds is 11. The molecule has 0 aliphatic rings. The van der Waals surface area contributed by atoms with E-state index in [1.54, 1.807) is 23.9 Å². The minimum atomic E-state index is -3.61. The van der Waals surface area contributed by atoms with E-state index < -0.39 is 10.0 Å². The smallest absolute Gasteiger partial charge is 0.240 e. The van der Waals surface area contributed by atoms with Crippen LogP contribution in [0.4, 0.5) is 0 Å². The largest absolute Gasteiger partial charge is 0.318 e. The van der Waals surface area contributed by atoms with Crippen LogP contribution >= 0.6 is 11.8 Å². The number of nitrogens with one attached hydrogen (secondary N) is 1. The fraction of sp³-hybridized carbons (Fsp3) is 0.194. The monoisotopic (exact) mass is 541 g/mol. The van der Waals surface area contributed by atoms with E-state index in [1.807, 2.05) is 54.6 Å². The molecule has 1 aromatic heterocycles. The standard InChI is InChI=1S/C31H31N3O2S2/c1-2-3-21-34-30(26-15-8-5-9-16-26)29(25-13-6-4-7-14-25)33-31(34)37-22-20-32-38(35,36)28-19-18-24-12-10-11-17-27(24)23-28/h4-19,23,32H,2-3,20-22H2,1H3. The van der Waals surface area contributed by atoms with Crippen LogP contribution in [0, 0.1) is 0 Å². The number of nitrogens with zero attached hydrogens (tertiary/aromatic N) is 2. The number of hydrogen-bond donors (Lipinski definition) is 1. The zero-order valence-corrected chi connectivity index (χ0v) is 23.0. The molecule has 1 N–H and O–H groups in total. The van der Waals surface area contributed by atoms with E-state index in [-0.39, 0.29) is 4.90 Å². The summed E-state index contributed by atoms with van der Waals surface area (Å²) in [6, 6.07) is 33.6. The van der Waals surface area contributed by atoms with Crippen LogP contribution < -0.4 is 4.72 Å². The van der Waals surface area contributed by atoms with Crippen LogP contribution in [0.5, 0.6) is 0 Å². The van der Waals surface area contributed by atoms with Crippen molar-refractivity contribution < 1.29 is 8.42 Å². The van der Waals surface area contributed by atoms with Gasteiger partial charge in [-0.3, -0.25) is 0 Å². The van der Waals surface area contributed by atoms with Crippen molar-refractivity contribution in [3.05, 3.63) is 103 Å². The molecular weight excluding hydrogens is 510 g/mol. The zero-order valence-electron chi connectivity index (χ0n) is 21.4. The molecule has 0 aliphatic carbocycles. The minimum absolute atomic E-state index is 0.281. The summed E-state index contributed by atoms with van der Waals surface area (Å²) in [5.74, 6) is 0.568. The number of unbranched alkanes of at least 4 members (excludes halogenated alkanes) is 1. The number of sulfonamides is 1. The predicted molar refractivity (Wildman–Crippen MR) is 158 cm³/mol. The molecule has 0 amide bonds. The van der Waals surface area contributed by atoms with Gasteiger partial charge in [0.05, 0.1) is 16.3 Å². The van der Waals surface area contributed by atoms with E-state index in [9.17, 15) is 8.42 Å². The van der Waals surface area contributed by atoms with Gasteiger partial charge in [0.2, 0.25) is 10.0 Å². The summed E-state index contributed by atoms with van der Waals surface area (Å²) in [6.45, 7) is 3.35. The molecule has 4 aromatic carbocycles. The number of benzene rings is 4. The average Bonchev–Trinajstić information content (AvgIpc) is 3.33. The lowest BCUT2D eigenvalue weighted by atomic mass is 10.0. The van der Waals surface area contributed by atoms with Gasteiger partial charge in [-0.1, -0.05) is 116 Å². The summed E-state index contributed by atoms with van der Waals surface area (Å²) in [7, 11) is -3.61. The molecule has 38 heavy (non-hydrogen) atoms. The van der Waals surface area contributed by atoms with Crippen LogP contribution in [-0.2, 0) is 16.6 Å². The Bertz CT molecular complexity index is 1620. The summed E-state index contributed by atoms with van der Waals surface area (Å²) < 4.78 is 31.0. The SMILES string of the molecule is CCCCn1c(SCCNS(=O)(=O)c2ccc3ccccc3c2)nc(-c2ccccc2)c1-c1ccccc1. The first-order valence-corrected chi connectivity index (χ1v) is 15.4. The topological polar surface area (TPSA) is 64.0 Å². The number of fused-ring (bicyclic) bond motifs is 1. The van der Waals surface area contributed by atoms with Crippen LogP contribution in [0.25, 0.3) is 33.3 Å². The van der Waals surface area contributed by atoms with Crippen molar-refractivity contribution in [1.82, 2.24) is 14.3 Å². The van der Waals surface area contributed by atoms with E-state index in [0.29, 0.717) is 12.3 Å². The molecule has 0 fully saturated rings. The summed E-state index contributed by atoms with van der Waals surface area (Å²) >= 11 is 1.59. The van der Waals surface area contributed by atoms with Gasteiger partial charge in [0.1, 0.15) is 0 Å². The fourth-order valence-electron chi connectivity index (χ4n) is 4.49. The molecule has 0 spiro atoms. The molecule has 0 aliphatic heterocycles. The number of hydrogen-bond acceptors (Lipinski definition) is 4. The molecule has 5 aromatic rings. The molecular formula is C31H31N3O2S2. The van der Waals surface area contributed by atoms with Gasteiger partial charge >= 0.3 is 0 Å². The third kappa shape index (κ3) is 5.85. The Morgan fingerprint density at radius 1 is 0.816 bits per heavy atom. The normalized spacial score (nSPS) is 11.7. The zero-order chi connectivity index (χ0) is 26.4. The van der Waals surface area contributed by atoms with Crippen LogP contribution in [0.15, 0.2) is 113 Å². The molecule has 7 heteroatoms. The number of thioether (sulfide) groups is 1. The van der Waals surface area contributed by atoms with E-state index in [4.69, 9.17) is 4.98 Å². The highest BCUT2D eigenvalue weighted by molar-refractivity contribution is 7.99. The maximum Gasteiger partial charge on any atom is 0.240 e. The second kappa shape index (κ2) is 12.0. The highest BCUT2D eigenvalue weighted by Gasteiger charge is 2.20. The second-order valence-electron chi connectivity index (χ2n) is 9.08. The van der Waals surface area contributed by atoms with Crippen molar-refractivity contribution in [3.8, 4) is 22.5 Å². The molecule has 194 valence electrons. The highest BCUT2D eigenvalue weighted by atomic mass is 32.2. The summed E-state index contributed by atoms with van der Waals surface area (Å²) in [6.07, 6.45) is 2.11. The second-order valence-corrected chi connectivity index (χ2v) is 11.9. The van der Waals surface area contributed by atoms with Gasteiger partial charge in [0.15, 0.2) is 5.16 Å². The fourth-order valence-corrected chi connectivity index (χ4v) is 6.57. The molecule has 0 saturated heterocycles. The van der Waals surface area contributed by atoms with Crippen molar-refractivity contribution in [2.45, 2.75) is 36.4 Å². The highest BCUT2D eigenvalue weighted by Crippen LogP contribution is 2.36. The molecule has 0 saturated carbocycles. The Morgan fingerprint density at radius 2 is 1.47 bits per heavy atom. The van der Waals surface area contributed by atoms with Crippen molar-refractivity contribution in [1.29, 1.82) is 0 Å². The van der Waals surface area contributed by atoms with Gasteiger partial charge in [-0.25, -0.2) is 18.1 Å². The first-order chi connectivity index (χ1) is 18.6. The van der Waals surface area contributed by atoms with Gasteiger partial charge in [0.25, 0.3) is 0 Å². The Balaban J connectivity index is 1.38. The van der Waals surface area contributed by atoms with Gasteiger partial charge in [-0.15, -0.1) is 0 Å². The van der Waals surface area contributed by atoms with E-state index in [1.165, 1.54) is 0 Å². The van der Waals surface area contributed by atoms with Gasteiger partial charge < -0.3 is 4.57 Å². The molecule has 5 nitrogen and oxygen atoms in total. The van der Waals surface area contributed by atoms with Crippen LogP contribution in [-0.4, -0.2) is 30.3 Å². The summed E-state index contributed by atoms with van der Waals surface area (Å²) in [5, 5.41) is 2.83. The van der Waals surface area contributed by atoms with Crippen LogP contribution in [0.3, 0.4) is 0 Å². The van der Waals surface area contributed by atoms with Gasteiger partial charge in [0, 0.05) is 30.0 Å². The predicted octanol–water partition coefficient (Wildman–Crippen LogP) is 7.24. The molecule has 0 radical (unpaired) electrons. The maximum atomic E-state index is 13.0. The average molecular weight is 542 g/mol. The third-order valence-electron chi connectivity index (χ3n) is 6.42. The Labute approximate surface area is 229 Å². The lowest BCUT2D eigenvalue weighted by Gasteiger charge is -2.13. The van der Waals surface area contributed by atoms with E-state index >= 15 is 0 Å². The quantitative estimate of drug-likeness (QED) is 0.141. The number of aromatic nitrogens is 2. The Hall–Kier alpha value is -3.39. The lowest BCUT2D eigenvalue weighted by Crippen LogP contribution is -2.26. The van der Waals surface area contributed by atoms with Crippen molar-refractivity contribution in [2.75, 3.05) is 12.3 Å². The van der Waals surface area contributed by atoms with Gasteiger partial charge in [-0.05, 0) is 29.3 Å². The van der Waals surface area contributed by atoms with Crippen LogP contribution in [0.1, 0.15) is 19.8 Å². The lowest BCUT2D eigenvalue weighted by molar-refractivity contribution is 0.583.